The molecule has 1 atom stereocenters. The van der Waals surface area contributed by atoms with Gasteiger partial charge >= 0.3 is 0 Å². The smallest absolute Gasteiger partial charge is 0.273 e. The zero-order valence-corrected chi connectivity index (χ0v) is 15.7. The highest BCUT2D eigenvalue weighted by Crippen LogP contribution is 2.38. The van der Waals surface area contributed by atoms with Gasteiger partial charge in [0, 0.05) is 19.2 Å². The van der Waals surface area contributed by atoms with Crippen LogP contribution in [0.4, 0.5) is 11.4 Å². The van der Waals surface area contributed by atoms with E-state index in [1.807, 2.05) is 18.7 Å². The number of anilines is 1. The van der Waals surface area contributed by atoms with Gasteiger partial charge in [-0.1, -0.05) is 26.7 Å². The van der Waals surface area contributed by atoms with Crippen molar-refractivity contribution in [2.24, 2.45) is 5.92 Å². The predicted octanol–water partition coefficient (Wildman–Crippen LogP) is 2.75. The van der Waals surface area contributed by atoms with Crippen LogP contribution in [0, 0.1) is 16.0 Å². The molecule has 1 unspecified atom stereocenters. The number of hydrogen-bond donors (Lipinski definition) is 0. The molecule has 2 aliphatic heterocycles. The van der Waals surface area contributed by atoms with Crippen molar-refractivity contribution < 1.29 is 19.2 Å². The molecule has 3 rings (SSSR count). The molecule has 0 bridgehead atoms. The number of nitro benzene ring substituents is 1. The summed E-state index contributed by atoms with van der Waals surface area (Å²) in [5, 5.41) is 11.1. The molecule has 0 aliphatic carbocycles. The lowest BCUT2D eigenvalue weighted by Gasteiger charge is -2.36. The molecule has 0 radical (unpaired) electrons. The average Bonchev–Trinajstić information content (AvgIpc) is 2.92. The average molecular weight is 375 g/mol. The Hall–Kier alpha value is -2.64. The van der Waals surface area contributed by atoms with Crippen molar-refractivity contribution in [2.45, 2.75) is 45.6 Å². The third-order valence-electron chi connectivity index (χ3n) is 5.07. The minimum atomic E-state index is -0.767. The van der Waals surface area contributed by atoms with Gasteiger partial charge in [0.05, 0.1) is 16.7 Å². The molecule has 8 heteroatoms. The number of fused-ring (bicyclic) bond motifs is 1. The van der Waals surface area contributed by atoms with Crippen molar-refractivity contribution in [2.75, 3.05) is 24.5 Å². The minimum Gasteiger partial charge on any atom is -0.478 e. The van der Waals surface area contributed by atoms with Gasteiger partial charge in [0.2, 0.25) is 5.91 Å². The number of nitro groups is 1. The fourth-order valence-corrected chi connectivity index (χ4v) is 3.53. The molecule has 27 heavy (non-hydrogen) atoms. The Balaban J connectivity index is 1.89. The normalized spacial score (nSPS) is 20.1. The number of benzene rings is 1. The molecule has 0 saturated carbocycles. The number of hydrogen-bond acceptors (Lipinski definition) is 5. The second kappa shape index (κ2) is 7.94. The maximum atomic E-state index is 12.9. The van der Waals surface area contributed by atoms with E-state index in [2.05, 4.69) is 0 Å². The van der Waals surface area contributed by atoms with Crippen LogP contribution in [-0.2, 0) is 9.59 Å². The SMILES string of the molecule is CC(C)C1Oc2cc([N+](=O)[O-])ccc2N(CC(=O)N2CCCCCC2)C1=O. The predicted molar refractivity (Wildman–Crippen MR) is 99.8 cm³/mol. The molecule has 1 fully saturated rings. The highest BCUT2D eigenvalue weighted by molar-refractivity contribution is 6.04. The van der Waals surface area contributed by atoms with E-state index in [0.29, 0.717) is 18.8 Å². The highest BCUT2D eigenvalue weighted by Gasteiger charge is 2.38. The second-order valence-electron chi connectivity index (χ2n) is 7.41. The summed E-state index contributed by atoms with van der Waals surface area (Å²) in [7, 11) is 0. The number of carbonyl (C=O) groups excluding carboxylic acids is 2. The fraction of sp³-hybridized carbons (Fsp3) is 0.579. The molecule has 8 nitrogen and oxygen atoms in total. The van der Waals surface area contributed by atoms with Gasteiger partial charge in [-0.05, 0) is 24.8 Å². The van der Waals surface area contributed by atoms with E-state index in [0.717, 1.165) is 25.7 Å². The summed E-state index contributed by atoms with van der Waals surface area (Å²) < 4.78 is 5.75. The highest BCUT2D eigenvalue weighted by atomic mass is 16.6. The van der Waals surface area contributed by atoms with Crippen molar-refractivity contribution in [1.82, 2.24) is 4.90 Å². The van der Waals surface area contributed by atoms with Crippen LogP contribution in [0.3, 0.4) is 0 Å². The first-order chi connectivity index (χ1) is 12.9. The number of carbonyl (C=O) groups is 2. The zero-order valence-electron chi connectivity index (χ0n) is 15.7. The summed E-state index contributed by atoms with van der Waals surface area (Å²) in [5.74, 6) is -0.236. The lowest BCUT2D eigenvalue weighted by Crippen LogP contribution is -2.52. The maximum Gasteiger partial charge on any atom is 0.273 e. The van der Waals surface area contributed by atoms with Crippen LogP contribution in [0.15, 0.2) is 18.2 Å². The summed E-state index contributed by atoms with van der Waals surface area (Å²) in [6.07, 6.45) is 3.40. The third-order valence-corrected chi connectivity index (χ3v) is 5.07. The second-order valence-corrected chi connectivity index (χ2v) is 7.41. The standard InChI is InChI=1S/C19H25N3O5/c1-13(2)18-19(24)21(12-17(23)20-9-5-3-4-6-10-20)15-8-7-14(22(25)26)11-16(15)27-18/h7-8,11,13,18H,3-6,9-10,12H2,1-2H3. The molecule has 146 valence electrons. The molecule has 1 saturated heterocycles. The Bertz CT molecular complexity index is 741. The largest absolute Gasteiger partial charge is 0.478 e. The van der Waals surface area contributed by atoms with Crippen LogP contribution < -0.4 is 9.64 Å². The molecular formula is C19H25N3O5. The zero-order chi connectivity index (χ0) is 19.6. The number of amides is 2. The summed E-state index contributed by atoms with van der Waals surface area (Å²) >= 11 is 0. The van der Waals surface area contributed by atoms with E-state index in [4.69, 9.17) is 4.74 Å². The van der Waals surface area contributed by atoms with E-state index >= 15 is 0 Å². The molecule has 1 aromatic rings. The van der Waals surface area contributed by atoms with Gasteiger partial charge in [0.15, 0.2) is 11.9 Å². The van der Waals surface area contributed by atoms with Crippen molar-refractivity contribution in [3.05, 3.63) is 28.3 Å². The quantitative estimate of drug-likeness (QED) is 0.596. The van der Waals surface area contributed by atoms with Gasteiger partial charge in [0.25, 0.3) is 11.6 Å². The molecule has 2 aliphatic rings. The van der Waals surface area contributed by atoms with Gasteiger partial charge in [-0.2, -0.15) is 0 Å². The maximum absolute atomic E-state index is 12.9. The fourth-order valence-electron chi connectivity index (χ4n) is 3.53. The van der Waals surface area contributed by atoms with Crippen LogP contribution in [0.1, 0.15) is 39.5 Å². The van der Waals surface area contributed by atoms with Crippen molar-refractivity contribution in [3.63, 3.8) is 0 Å². The molecule has 1 aromatic carbocycles. The lowest BCUT2D eigenvalue weighted by atomic mass is 10.0. The van der Waals surface area contributed by atoms with Gasteiger partial charge in [-0.15, -0.1) is 0 Å². The topological polar surface area (TPSA) is 93.0 Å². The number of non-ortho nitro benzene ring substituents is 1. The van der Waals surface area contributed by atoms with Gasteiger partial charge in [-0.25, -0.2) is 0 Å². The molecule has 0 spiro atoms. The van der Waals surface area contributed by atoms with E-state index < -0.39 is 11.0 Å². The lowest BCUT2D eigenvalue weighted by molar-refractivity contribution is -0.384. The summed E-state index contributed by atoms with van der Waals surface area (Å²) in [6, 6.07) is 4.13. The van der Waals surface area contributed by atoms with Crippen LogP contribution >= 0.6 is 0 Å². The Morgan fingerprint density at radius 1 is 1.26 bits per heavy atom. The number of rotatable bonds is 4. The first-order valence-corrected chi connectivity index (χ1v) is 9.42. The number of likely N-dealkylation sites (tertiary alicyclic amines) is 1. The Morgan fingerprint density at radius 3 is 2.52 bits per heavy atom. The van der Waals surface area contributed by atoms with Crippen LogP contribution in [0.5, 0.6) is 5.75 Å². The first kappa shape index (κ1) is 19.1. The Labute approximate surface area is 158 Å². The first-order valence-electron chi connectivity index (χ1n) is 9.42. The summed E-state index contributed by atoms with van der Waals surface area (Å²) in [5.41, 5.74) is 0.301. The molecule has 2 amide bonds. The molecule has 2 heterocycles. The van der Waals surface area contributed by atoms with E-state index in [-0.39, 0.29) is 35.7 Å². The Kier molecular flexibility index (Phi) is 5.62. The molecule has 0 aromatic heterocycles. The number of ether oxygens (including phenoxy) is 1. The van der Waals surface area contributed by atoms with E-state index in [1.54, 1.807) is 0 Å². The molecular weight excluding hydrogens is 350 g/mol. The summed E-state index contributed by atoms with van der Waals surface area (Å²) in [6.45, 7) is 5.03. The number of nitrogens with zero attached hydrogens (tertiary/aromatic N) is 3. The summed E-state index contributed by atoms with van der Waals surface area (Å²) in [4.78, 5) is 39.5. The van der Waals surface area contributed by atoms with Gasteiger partial charge in [0.1, 0.15) is 6.54 Å². The minimum absolute atomic E-state index is 0.0732. The van der Waals surface area contributed by atoms with E-state index in [1.165, 1.54) is 23.1 Å². The van der Waals surface area contributed by atoms with Crippen LogP contribution in [-0.4, -0.2) is 47.4 Å². The van der Waals surface area contributed by atoms with Crippen molar-refractivity contribution >= 4 is 23.2 Å². The van der Waals surface area contributed by atoms with Crippen LogP contribution in [0.25, 0.3) is 0 Å². The van der Waals surface area contributed by atoms with Crippen molar-refractivity contribution in [1.29, 1.82) is 0 Å². The van der Waals surface area contributed by atoms with E-state index in [9.17, 15) is 19.7 Å². The monoisotopic (exact) mass is 375 g/mol. The third kappa shape index (κ3) is 4.04. The molecule has 0 N–H and O–H groups in total. The van der Waals surface area contributed by atoms with Gasteiger partial charge < -0.3 is 9.64 Å². The van der Waals surface area contributed by atoms with Crippen LogP contribution in [0.2, 0.25) is 0 Å². The van der Waals surface area contributed by atoms with Crippen molar-refractivity contribution in [3.8, 4) is 5.75 Å². The van der Waals surface area contributed by atoms with Gasteiger partial charge in [-0.3, -0.25) is 24.6 Å². The Morgan fingerprint density at radius 2 is 1.93 bits per heavy atom.